The maximum absolute atomic E-state index is 13.2. The van der Waals surface area contributed by atoms with E-state index in [4.69, 9.17) is 4.98 Å². The molecule has 1 aliphatic rings. The number of fused-ring (bicyclic) bond motifs is 1. The Hall–Kier alpha value is -2.96. The Balaban J connectivity index is 1.45. The number of amides is 1. The van der Waals surface area contributed by atoms with E-state index in [2.05, 4.69) is 44.7 Å². The van der Waals surface area contributed by atoms with Gasteiger partial charge >= 0.3 is 0 Å². The fourth-order valence-electron chi connectivity index (χ4n) is 4.43. The normalized spacial score (nSPS) is 16.1. The largest absolute Gasteiger partial charge is 0.346 e. The molecule has 1 atom stereocenters. The van der Waals surface area contributed by atoms with E-state index in [-0.39, 0.29) is 23.8 Å². The lowest BCUT2D eigenvalue weighted by molar-refractivity contribution is -0.126. The van der Waals surface area contributed by atoms with Crippen molar-refractivity contribution in [3.05, 3.63) is 47.5 Å². The predicted octanol–water partition coefficient (Wildman–Crippen LogP) is 3.71. The predicted molar refractivity (Wildman–Crippen MR) is 123 cm³/mol. The third-order valence-electron chi connectivity index (χ3n) is 6.18. The van der Waals surface area contributed by atoms with Gasteiger partial charge in [-0.15, -0.1) is 0 Å². The van der Waals surface area contributed by atoms with Gasteiger partial charge < -0.3 is 14.8 Å². The van der Waals surface area contributed by atoms with E-state index in [9.17, 15) is 4.79 Å². The summed E-state index contributed by atoms with van der Waals surface area (Å²) in [6.45, 7) is 9.82. The molecule has 4 rings (SSSR count). The summed E-state index contributed by atoms with van der Waals surface area (Å²) in [5, 5.41) is 3.31. The number of aryl methyl sites for hydroxylation is 3. The van der Waals surface area contributed by atoms with Crippen molar-refractivity contribution in [3.63, 3.8) is 0 Å². The van der Waals surface area contributed by atoms with Crippen LogP contribution in [0.25, 0.3) is 11.0 Å². The first-order valence-electron chi connectivity index (χ1n) is 11.1. The zero-order valence-electron chi connectivity index (χ0n) is 19.1. The first kappa shape index (κ1) is 21.3. The van der Waals surface area contributed by atoms with E-state index in [1.54, 1.807) is 0 Å². The SMILES string of the molecule is Cc1cc(C)nc(N2CCC(C(=O)N[C@H](c3nc4ccccc4n3C)C(C)C)CC2)n1. The number of piperidine rings is 1. The number of carbonyl (C=O) groups excluding carboxylic acids is 1. The van der Waals surface area contributed by atoms with Crippen LogP contribution in [0.15, 0.2) is 30.3 Å². The van der Waals surface area contributed by atoms with Gasteiger partial charge in [-0.3, -0.25) is 4.79 Å². The lowest BCUT2D eigenvalue weighted by Gasteiger charge is -2.33. The Kier molecular flexibility index (Phi) is 5.94. The molecule has 0 radical (unpaired) electrons. The Morgan fingerprint density at radius 3 is 2.32 bits per heavy atom. The summed E-state index contributed by atoms with van der Waals surface area (Å²) < 4.78 is 2.10. The molecule has 0 aliphatic carbocycles. The van der Waals surface area contributed by atoms with Crippen LogP contribution in [0.5, 0.6) is 0 Å². The fraction of sp³-hybridized carbons (Fsp3) is 0.500. The summed E-state index contributed by atoms with van der Waals surface area (Å²) >= 11 is 0. The van der Waals surface area contributed by atoms with Crippen LogP contribution in [0.2, 0.25) is 0 Å². The third-order valence-corrected chi connectivity index (χ3v) is 6.18. The van der Waals surface area contributed by atoms with Crippen molar-refractivity contribution in [2.75, 3.05) is 18.0 Å². The monoisotopic (exact) mass is 420 g/mol. The molecule has 7 heteroatoms. The number of para-hydroxylation sites is 2. The van der Waals surface area contributed by atoms with Gasteiger partial charge in [0.15, 0.2) is 0 Å². The average Bonchev–Trinajstić information content (AvgIpc) is 3.07. The van der Waals surface area contributed by atoms with Crippen molar-refractivity contribution in [3.8, 4) is 0 Å². The zero-order chi connectivity index (χ0) is 22.1. The van der Waals surface area contributed by atoms with E-state index < -0.39 is 0 Å². The Labute approximate surface area is 183 Å². The molecule has 31 heavy (non-hydrogen) atoms. The average molecular weight is 421 g/mol. The molecule has 3 aromatic rings. The number of nitrogens with one attached hydrogen (secondary N) is 1. The molecule has 1 saturated heterocycles. The maximum atomic E-state index is 13.2. The number of nitrogens with zero attached hydrogens (tertiary/aromatic N) is 5. The number of rotatable bonds is 5. The van der Waals surface area contributed by atoms with Crippen LogP contribution in [-0.4, -0.2) is 38.5 Å². The van der Waals surface area contributed by atoms with E-state index in [0.29, 0.717) is 0 Å². The second kappa shape index (κ2) is 8.65. The van der Waals surface area contributed by atoms with Crippen molar-refractivity contribution in [1.29, 1.82) is 0 Å². The van der Waals surface area contributed by atoms with Gasteiger partial charge in [-0.1, -0.05) is 26.0 Å². The van der Waals surface area contributed by atoms with E-state index in [1.165, 1.54) is 0 Å². The molecule has 0 bridgehead atoms. The van der Waals surface area contributed by atoms with Crippen molar-refractivity contribution >= 4 is 22.9 Å². The number of aromatic nitrogens is 4. The summed E-state index contributed by atoms with van der Waals surface area (Å²) in [4.78, 5) is 29.3. The molecule has 0 spiro atoms. The van der Waals surface area contributed by atoms with Crippen LogP contribution in [0.4, 0.5) is 5.95 Å². The molecule has 0 saturated carbocycles. The Morgan fingerprint density at radius 2 is 1.71 bits per heavy atom. The lowest BCUT2D eigenvalue weighted by atomic mass is 9.94. The molecule has 0 unspecified atom stereocenters. The first-order chi connectivity index (χ1) is 14.8. The molecule has 7 nitrogen and oxygen atoms in total. The smallest absolute Gasteiger partial charge is 0.225 e. The molecule has 1 amide bonds. The van der Waals surface area contributed by atoms with Gasteiger partial charge in [0, 0.05) is 37.4 Å². The number of imidazole rings is 1. The van der Waals surface area contributed by atoms with E-state index in [1.807, 2.05) is 45.2 Å². The number of hydrogen-bond acceptors (Lipinski definition) is 5. The number of benzene rings is 1. The highest BCUT2D eigenvalue weighted by Gasteiger charge is 2.30. The molecule has 1 aliphatic heterocycles. The lowest BCUT2D eigenvalue weighted by Crippen LogP contribution is -2.43. The number of carbonyl (C=O) groups is 1. The van der Waals surface area contributed by atoms with Gasteiger partial charge in [0.2, 0.25) is 11.9 Å². The van der Waals surface area contributed by atoms with Crippen molar-refractivity contribution in [1.82, 2.24) is 24.8 Å². The third kappa shape index (κ3) is 4.40. The van der Waals surface area contributed by atoms with Gasteiger partial charge in [-0.2, -0.15) is 0 Å². The van der Waals surface area contributed by atoms with Crippen molar-refractivity contribution in [2.45, 2.75) is 46.6 Å². The summed E-state index contributed by atoms with van der Waals surface area (Å²) in [6, 6.07) is 9.96. The molecule has 3 heterocycles. The highest BCUT2D eigenvalue weighted by atomic mass is 16.2. The number of hydrogen-bond donors (Lipinski definition) is 1. The van der Waals surface area contributed by atoms with Gasteiger partial charge in [-0.25, -0.2) is 15.0 Å². The highest BCUT2D eigenvalue weighted by molar-refractivity contribution is 5.80. The van der Waals surface area contributed by atoms with Crippen LogP contribution in [-0.2, 0) is 11.8 Å². The highest BCUT2D eigenvalue weighted by Crippen LogP contribution is 2.27. The van der Waals surface area contributed by atoms with Gasteiger partial charge in [0.25, 0.3) is 0 Å². The second-order valence-electron chi connectivity index (χ2n) is 8.96. The second-order valence-corrected chi connectivity index (χ2v) is 8.96. The summed E-state index contributed by atoms with van der Waals surface area (Å²) in [5.41, 5.74) is 4.00. The minimum atomic E-state index is -0.120. The van der Waals surface area contributed by atoms with Crippen LogP contribution < -0.4 is 10.2 Å². The minimum absolute atomic E-state index is 0.00177. The summed E-state index contributed by atoms with van der Waals surface area (Å²) in [7, 11) is 2.02. The number of anilines is 1. The van der Waals surface area contributed by atoms with Crippen LogP contribution >= 0.6 is 0 Å². The molecular weight excluding hydrogens is 388 g/mol. The quantitative estimate of drug-likeness (QED) is 0.681. The minimum Gasteiger partial charge on any atom is -0.346 e. The van der Waals surface area contributed by atoms with Crippen LogP contribution in [0.3, 0.4) is 0 Å². The maximum Gasteiger partial charge on any atom is 0.225 e. The summed E-state index contributed by atoms with van der Waals surface area (Å²) in [6.07, 6.45) is 1.60. The molecule has 1 N–H and O–H groups in total. The standard InChI is InChI=1S/C24H32N6O/c1-15(2)21(22-27-19-8-6-7-9-20(19)29(22)5)28-23(31)18-10-12-30(13-11-18)24-25-16(3)14-17(4)26-24/h6-9,14-15,18,21H,10-13H2,1-5H3,(H,28,31)/t21-/m0/s1. The van der Waals surface area contributed by atoms with Gasteiger partial charge in [0.1, 0.15) is 5.82 Å². The van der Waals surface area contributed by atoms with E-state index >= 15 is 0 Å². The van der Waals surface area contributed by atoms with Crippen LogP contribution in [0.1, 0.15) is 49.9 Å². The molecule has 1 aromatic carbocycles. The topological polar surface area (TPSA) is 75.9 Å². The Morgan fingerprint density at radius 1 is 1.06 bits per heavy atom. The van der Waals surface area contributed by atoms with Crippen molar-refractivity contribution < 1.29 is 4.79 Å². The van der Waals surface area contributed by atoms with Crippen molar-refractivity contribution in [2.24, 2.45) is 18.9 Å². The molecular formula is C24H32N6O. The molecule has 1 fully saturated rings. The van der Waals surface area contributed by atoms with Gasteiger partial charge in [0.05, 0.1) is 17.1 Å². The van der Waals surface area contributed by atoms with E-state index in [0.717, 1.165) is 60.1 Å². The van der Waals surface area contributed by atoms with Gasteiger partial charge in [-0.05, 0) is 50.8 Å². The fourth-order valence-corrected chi connectivity index (χ4v) is 4.43. The molecule has 2 aromatic heterocycles. The Bertz CT molecular complexity index is 1060. The summed E-state index contributed by atoms with van der Waals surface area (Å²) in [5.74, 6) is 2.04. The van der Waals surface area contributed by atoms with Crippen LogP contribution in [0, 0.1) is 25.7 Å². The molecule has 164 valence electrons. The zero-order valence-corrected chi connectivity index (χ0v) is 19.1. The first-order valence-corrected chi connectivity index (χ1v) is 11.1.